The summed E-state index contributed by atoms with van der Waals surface area (Å²) in [7, 11) is 0. The van der Waals surface area contributed by atoms with Crippen molar-refractivity contribution >= 4 is 30.1 Å². The smallest absolute Gasteiger partial charge is 0.226 e. The van der Waals surface area contributed by atoms with Crippen molar-refractivity contribution in [2.45, 2.75) is 11.8 Å². The van der Waals surface area contributed by atoms with Crippen LogP contribution >= 0.6 is 24.2 Å². The second-order valence-corrected chi connectivity index (χ2v) is 7.18. The molecule has 0 spiro atoms. The van der Waals surface area contributed by atoms with Gasteiger partial charge in [0, 0.05) is 42.7 Å². The molecular weight excluding hydrogens is 323 g/mol. The maximum atomic E-state index is 12.9. The van der Waals surface area contributed by atoms with E-state index in [0.29, 0.717) is 11.8 Å². The van der Waals surface area contributed by atoms with E-state index in [1.54, 1.807) is 23.9 Å². The van der Waals surface area contributed by atoms with Crippen molar-refractivity contribution in [2.24, 2.45) is 17.8 Å². The van der Waals surface area contributed by atoms with Crippen molar-refractivity contribution in [3.8, 4) is 0 Å². The highest BCUT2D eigenvalue weighted by Crippen LogP contribution is 2.28. The number of thioether (sulfide) groups is 1. The highest BCUT2D eigenvalue weighted by Gasteiger charge is 2.38. The highest BCUT2D eigenvalue weighted by atomic mass is 35.5. The van der Waals surface area contributed by atoms with Crippen molar-refractivity contribution in [1.82, 2.24) is 10.2 Å². The van der Waals surface area contributed by atoms with Gasteiger partial charge in [-0.3, -0.25) is 4.79 Å². The Labute approximate surface area is 141 Å². The van der Waals surface area contributed by atoms with E-state index < -0.39 is 0 Å². The second kappa shape index (κ2) is 7.66. The van der Waals surface area contributed by atoms with Crippen LogP contribution in [0, 0.1) is 23.6 Å². The van der Waals surface area contributed by atoms with Crippen LogP contribution in [0.5, 0.6) is 0 Å². The summed E-state index contributed by atoms with van der Waals surface area (Å²) in [4.78, 5) is 15.5. The predicted octanol–water partition coefficient (Wildman–Crippen LogP) is 2.65. The molecule has 0 saturated carbocycles. The van der Waals surface area contributed by atoms with Crippen molar-refractivity contribution in [1.29, 1.82) is 0 Å². The van der Waals surface area contributed by atoms with Crippen LogP contribution in [-0.4, -0.2) is 42.7 Å². The van der Waals surface area contributed by atoms with E-state index >= 15 is 0 Å². The molecule has 6 heteroatoms. The van der Waals surface area contributed by atoms with E-state index in [1.165, 1.54) is 12.1 Å². The van der Waals surface area contributed by atoms with Gasteiger partial charge < -0.3 is 10.2 Å². The second-order valence-electron chi connectivity index (χ2n) is 6.09. The Balaban J connectivity index is 0.00000176. The van der Waals surface area contributed by atoms with Crippen molar-refractivity contribution in [3.05, 3.63) is 30.1 Å². The third-order valence-corrected chi connectivity index (χ3v) is 5.71. The van der Waals surface area contributed by atoms with E-state index in [2.05, 4.69) is 5.32 Å². The first-order valence-electron chi connectivity index (χ1n) is 7.51. The summed E-state index contributed by atoms with van der Waals surface area (Å²) in [5, 5.41) is 3.39. The molecule has 1 N–H and O–H groups in total. The molecule has 2 heterocycles. The molecule has 3 rings (SSSR count). The van der Waals surface area contributed by atoms with E-state index in [1.807, 2.05) is 11.8 Å². The van der Waals surface area contributed by atoms with Gasteiger partial charge in [0.05, 0.1) is 0 Å². The zero-order valence-electron chi connectivity index (χ0n) is 12.6. The minimum atomic E-state index is -0.222. The molecule has 1 unspecified atom stereocenters. The molecule has 2 fully saturated rings. The zero-order chi connectivity index (χ0) is 14.8. The van der Waals surface area contributed by atoms with Gasteiger partial charge in [-0.05, 0) is 36.1 Å². The van der Waals surface area contributed by atoms with Gasteiger partial charge in [-0.25, -0.2) is 4.39 Å². The van der Waals surface area contributed by atoms with Gasteiger partial charge in [0.2, 0.25) is 5.91 Å². The van der Waals surface area contributed by atoms with E-state index in [9.17, 15) is 9.18 Å². The lowest BCUT2D eigenvalue weighted by molar-refractivity contribution is -0.133. The van der Waals surface area contributed by atoms with Crippen LogP contribution < -0.4 is 5.32 Å². The van der Waals surface area contributed by atoms with Crippen LogP contribution in [0.1, 0.15) is 6.92 Å². The van der Waals surface area contributed by atoms with E-state index in [0.717, 1.165) is 36.8 Å². The fourth-order valence-corrected chi connectivity index (χ4v) is 4.08. The first kappa shape index (κ1) is 17.6. The molecule has 2 saturated heterocycles. The van der Waals surface area contributed by atoms with E-state index in [-0.39, 0.29) is 30.0 Å². The van der Waals surface area contributed by atoms with Crippen LogP contribution in [0.4, 0.5) is 4.39 Å². The lowest BCUT2D eigenvalue weighted by atomic mass is 10.0. The number of amides is 1. The van der Waals surface area contributed by atoms with Crippen LogP contribution in [0.3, 0.4) is 0 Å². The number of nitrogens with zero attached hydrogens (tertiary/aromatic N) is 1. The Bertz CT molecular complexity index is 501. The third-order valence-electron chi connectivity index (χ3n) is 4.44. The average Bonchev–Trinajstić information content (AvgIpc) is 3.06. The number of rotatable bonds is 4. The van der Waals surface area contributed by atoms with Crippen molar-refractivity contribution in [3.63, 3.8) is 0 Å². The summed E-state index contributed by atoms with van der Waals surface area (Å²) in [5.41, 5.74) is 0. The van der Waals surface area contributed by atoms with Crippen LogP contribution in [0.25, 0.3) is 0 Å². The summed E-state index contributed by atoms with van der Waals surface area (Å²) in [5.74, 6) is 2.08. The largest absolute Gasteiger partial charge is 0.342 e. The van der Waals surface area contributed by atoms with Crippen LogP contribution in [0.15, 0.2) is 29.2 Å². The Morgan fingerprint density at radius 3 is 2.50 bits per heavy atom. The minimum Gasteiger partial charge on any atom is -0.342 e. The number of benzene rings is 1. The van der Waals surface area contributed by atoms with Crippen molar-refractivity contribution < 1.29 is 9.18 Å². The molecule has 0 bridgehead atoms. The van der Waals surface area contributed by atoms with Gasteiger partial charge in [0.1, 0.15) is 5.82 Å². The number of hydrogen-bond donors (Lipinski definition) is 1. The first-order chi connectivity index (χ1) is 10.1. The number of fused-ring (bicyclic) bond motifs is 1. The topological polar surface area (TPSA) is 32.3 Å². The summed E-state index contributed by atoms with van der Waals surface area (Å²) in [6.45, 7) is 5.90. The molecule has 0 radical (unpaired) electrons. The lowest BCUT2D eigenvalue weighted by Crippen LogP contribution is -2.36. The average molecular weight is 345 g/mol. The summed E-state index contributed by atoms with van der Waals surface area (Å²) in [6, 6.07) is 6.46. The number of likely N-dealkylation sites (tertiary alicyclic amines) is 1. The molecule has 2 aliphatic rings. The Hall–Kier alpha value is -0.780. The molecule has 1 aromatic rings. The molecule has 1 amide bonds. The molecule has 122 valence electrons. The molecule has 2 aliphatic heterocycles. The molecule has 22 heavy (non-hydrogen) atoms. The number of carbonyl (C=O) groups excluding carboxylic acids is 1. The van der Waals surface area contributed by atoms with Gasteiger partial charge in [-0.2, -0.15) is 0 Å². The zero-order valence-corrected chi connectivity index (χ0v) is 14.3. The quantitative estimate of drug-likeness (QED) is 0.852. The van der Waals surface area contributed by atoms with Crippen LogP contribution in [0.2, 0.25) is 0 Å². The first-order valence-corrected chi connectivity index (χ1v) is 8.50. The Kier molecular flexibility index (Phi) is 6.12. The number of carbonyl (C=O) groups is 1. The summed E-state index contributed by atoms with van der Waals surface area (Å²) < 4.78 is 12.9. The fraction of sp³-hybridized carbons (Fsp3) is 0.562. The number of halogens is 2. The number of hydrogen-bond acceptors (Lipinski definition) is 3. The van der Waals surface area contributed by atoms with Crippen molar-refractivity contribution in [2.75, 3.05) is 31.9 Å². The molecule has 0 aromatic heterocycles. The maximum Gasteiger partial charge on any atom is 0.226 e. The highest BCUT2D eigenvalue weighted by molar-refractivity contribution is 7.99. The number of nitrogens with one attached hydrogen (secondary N) is 1. The minimum absolute atomic E-state index is 0. The molecule has 1 aromatic carbocycles. The molecular formula is C16H22ClFN2OS. The van der Waals surface area contributed by atoms with Gasteiger partial charge >= 0.3 is 0 Å². The van der Waals surface area contributed by atoms with E-state index in [4.69, 9.17) is 0 Å². The Morgan fingerprint density at radius 1 is 1.32 bits per heavy atom. The van der Waals surface area contributed by atoms with Gasteiger partial charge in [0.25, 0.3) is 0 Å². The van der Waals surface area contributed by atoms with Crippen LogP contribution in [-0.2, 0) is 4.79 Å². The third kappa shape index (κ3) is 3.94. The normalized spacial score (nSPS) is 24.7. The van der Waals surface area contributed by atoms with Gasteiger partial charge in [-0.15, -0.1) is 24.2 Å². The van der Waals surface area contributed by atoms with Gasteiger partial charge in [-0.1, -0.05) is 6.92 Å². The molecule has 3 nitrogen and oxygen atoms in total. The van der Waals surface area contributed by atoms with Gasteiger partial charge in [0.15, 0.2) is 0 Å². The fourth-order valence-electron chi connectivity index (χ4n) is 3.17. The lowest BCUT2D eigenvalue weighted by Gasteiger charge is -2.21. The summed E-state index contributed by atoms with van der Waals surface area (Å²) in [6.07, 6.45) is 0. The molecule has 0 aliphatic carbocycles. The summed E-state index contributed by atoms with van der Waals surface area (Å²) >= 11 is 1.62. The molecule has 3 atom stereocenters. The standard InChI is InChI=1S/C16H21FN2OS.ClH/c1-11(10-21-15-4-2-14(17)3-5-15)16(20)19-8-12-6-18-7-13(12)9-19;/h2-5,11-13,18H,6-10H2,1H3;1H/t11?,12-,13+;. The Morgan fingerprint density at radius 2 is 1.91 bits per heavy atom. The predicted molar refractivity (Wildman–Crippen MR) is 90.0 cm³/mol. The SMILES string of the molecule is CC(CSc1ccc(F)cc1)C(=O)N1C[C@H]2CNC[C@H]2C1.Cl. The maximum absolute atomic E-state index is 12.9. The monoisotopic (exact) mass is 344 g/mol.